The maximum Gasteiger partial charge on any atom is 0.237 e. The van der Waals surface area contributed by atoms with E-state index in [0.29, 0.717) is 6.61 Å². The molecule has 1 N–H and O–H groups in total. The van der Waals surface area contributed by atoms with E-state index in [1.165, 1.54) is 10.4 Å². The van der Waals surface area contributed by atoms with Crippen LogP contribution in [0, 0.1) is 0 Å². The van der Waals surface area contributed by atoms with E-state index >= 15 is 0 Å². The van der Waals surface area contributed by atoms with Crippen molar-refractivity contribution in [2.45, 2.75) is 38.4 Å². The standard InChI is InChI=1S/C19H22N2O2S/c1-13(21-9-6-18-14(12-21)8-11-24-18)19(22)20-16-7-10-23-17-5-3-2-4-15(16)17/h2-5,8,11,13,16H,6-7,9-10,12H2,1H3,(H,20,22). The zero-order valence-corrected chi connectivity index (χ0v) is 14.6. The summed E-state index contributed by atoms with van der Waals surface area (Å²) >= 11 is 1.83. The van der Waals surface area contributed by atoms with Crippen LogP contribution < -0.4 is 10.1 Å². The van der Waals surface area contributed by atoms with Crippen molar-refractivity contribution in [1.29, 1.82) is 0 Å². The van der Waals surface area contributed by atoms with Crippen LogP contribution in [0.15, 0.2) is 35.7 Å². The summed E-state index contributed by atoms with van der Waals surface area (Å²) in [5, 5.41) is 5.38. The number of rotatable bonds is 3. The third kappa shape index (κ3) is 2.94. The van der Waals surface area contributed by atoms with Gasteiger partial charge in [0.1, 0.15) is 5.75 Å². The van der Waals surface area contributed by atoms with Crippen molar-refractivity contribution >= 4 is 17.2 Å². The molecule has 0 bridgehead atoms. The molecule has 0 spiro atoms. The van der Waals surface area contributed by atoms with E-state index in [9.17, 15) is 4.79 Å². The Morgan fingerprint density at radius 3 is 3.17 bits per heavy atom. The monoisotopic (exact) mass is 342 g/mol. The van der Waals surface area contributed by atoms with Crippen LogP contribution in [0.4, 0.5) is 0 Å². The van der Waals surface area contributed by atoms with Crippen LogP contribution in [-0.4, -0.2) is 30.0 Å². The van der Waals surface area contributed by atoms with Gasteiger partial charge in [0.05, 0.1) is 18.7 Å². The van der Waals surface area contributed by atoms with Crippen LogP contribution in [0.1, 0.15) is 35.4 Å². The van der Waals surface area contributed by atoms with Crippen molar-refractivity contribution in [3.63, 3.8) is 0 Å². The molecule has 4 rings (SSSR count). The summed E-state index contributed by atoms with van der Waals surface area (Å²) in [5.74, 6) is 0.998. The van der Waals surface area contributed by atoms with Crippen LogP contribution in [-0.2, 0) is 17.8 Å². The Hall–Kier alpha value is -1.85. The summed E-state index contributed by atoms with van der Waals surface area (Å²) in [6, 6.07) is 10.1. The third-order valence-electron chi connectivity index (χ3n) is 5.04. The fourth-order valence-electron chi connectivity index (χ4n) is 3.55. The largest absolute Gasteiger partial charge is 0.493 e. The fraction of sp³-hybridized carbons (Fsp3) is 0.421. The van der Waals surface area contributed by atoms with Crippen molar-refractivity contribution < 1.29 is 9.53 Å². The van der Waals surface area contributed by atoms with E-state index in [1.807, 2.05) is 42.5 Å². The van der Waals surface area contributed by atoms with Crippen LogP contribution in [0.5, 0.6) is 5.75 Å². The number of amides is 1. The average molecular weight is 342 g/mol. The molecule has 0 saturated heterocycles. The SMILES string of the molecule is CC(C(=O)NC1CCOc2ccccc21)N1CCc2sccc2C1. The summed E-state index contributed by atoms with van der Waals surface area (Å²) in [5.41, 5.74) is 2.46. The Kier molecular flexibility index (Phi) is 4.29. The van der Waals surface area contributed by atoms with Gasteiger partial charge in [-0.25, -0.2) is 0 Å². The first-order valence-corrected chi connectivity index (χ1v) is 9.42. The molecule has 3 heterocycles. The predicted molar refractivity (Wildman–Crippen MR) is 95.3 cm³/mol. The second-order valence-corrected chi connectivity index (χ2v) is 7.50. The lowest BCUT2D eigenvalue weighted by Gasteiger charge is -2.33. The second-order valence-electron chi connectivity index (χ2n) is 6.50. The maximum atomic E-state index is 12.8. The molecule has 5 heteroatoms. The van der Waals surface area contributed by atoms with Gasteiger partial charge in [-0.3, -0.25) is 9.69 Å². The maximum absolute atomic E-state index is 12.8. The Morgan fingerprint density at radius 1 is 1.38 bits per heavy atom. The molecule has 0 saturated carbocycles. The second kappa shape index (κ2) is 6.57. The highest BCUT2D eigenvalue weighted by Gasteiger charge is 2.29. The van der Waals surface area contributed by atoms with Crippen molar-refractivity contribution in [1.82, 2.24) is 10.2 Å². The fourth-order valence-corrected chi connectivity index (χ4v) is 4.44. The number of nitrogens with zero attached hydrogens (tertiary/aromatic N) is 1. The van der Waals surface area contributed by atoms with Gasteiger partial charge in [0, 0.05) is 30.0 Å². The Morgan fingerprint density at radius 2 is 2.25 bits per heavy atom. The number of hydrogen-bond donors (Lipinski definition) is 1. The highest BCUT2D eigenvalue weighted by Crippen LogP contribution is 2.32. The molecule has 0 radical (unpaired) electrons. The number of fused-ring (bicyclic) bond motifs is 2. The number of nitrogens with one attached hydrogen (secondary N) is 1. The highest BCUT2D eigenvalue weighted by molar-refractivity contribution is 7.10. The highest BCUT2D eigenvalue weighted by atomic mass is 32.1. The molecule has 1 amide bonds. The van der Waals surface area contributed by atoms with Gasteiger partial charge in [-0.2, -0.15) is 0 Å². The molecule has 0 fully saturated rings. The van der Waals surface area contributed by atoms with E-state index < -0.39 is 0 Å². The summed E-state index contributed by atoms with van der Waals surface area (Å²) < 4.78 is 5.68. The molecule has 126 valence electrons. The summed E-state index contributed by atoms with van der Waals surface area (Å²) in [6.07, 6.45) is 1.87. The van der Waals surface area contributed by atoms with Gasteiger partial charge < -0.3 is 10.1 Å². The quantitative estimate of drug-likeness (QED) is 0.932. The molecule has 24 heavy (non-hydrogen) atoms. The normalized spacial score (nSPS) is 21.3. The summed E-state index contributed by atoms with van der Waals surface area (Å²) in [7, 11) is 0. The molecule has 1 aromatic carbocycles. The lowest BCUT2D eigenvalue weighted by molar-refractivity contribution is -0.127. The first-order valence-electron chi connectivity index (χ1n) is 8.54. The number of ether oxygens (including phenoxy) is 1. The summed E-state index contributed by atoms with van der Waals surface area (Å²) in [6.45, 7) is 4.49. The van der Waals surface area contributed by atoms with Crippen molar-refractivity contribution in [2.24, 2.45) is 0 Å². The van der Waals surface area contributed by atoms with Crippen molar-refractivity contribution in [3.05, 3.63) is 51.7 Å². The molecule has 2 aromatic rings. The smallest absolute Gasteiger partial charge is 0.237 e. The number of para-hydroxylation sites is 1. The number of benzene rings is 1. The van der Waals surface area contributed by atoms with E-state index in [2.05, 4.69) is 21.7 Å². The zero-order valence-electron chi connectivity index (χ0n) is 13.8. The number of thiophene rings is 1. The first kappa shape index (κ1) is 15.7. The Labute approximate surface area is 146 Å². The Balaban J connectivity index is 1.43. The van der Waals surface area contributed by atoms with Gasteiger partial charge in [-0.1, -0.05) is 18.2 Å². The number of carbonyl (C=O) groups excluding carboxylic acids is 1. The van der Waals surface area contributed by atoms with E-state index in [0.717, 1.165) is 37.2 Å². The minimum Gasteiger partial charge on any atom is -0.493 e. The molecule has 0 aliphatic carbocycles. The van der Waals surface area contributed by atoms with Gasteiger partial charge in [0.2, 0.25) is 5.91 Å². The average Bonchev–Trinajstić information content (AvgIpc) is 3.09. The molecule has 2 unspecified atom stereocenters. The topological polar surface area (TPSA) is 41.6 Å². The van der Waals surface area contributed by atoms with E-state index in [1.54, 1.807) is 0 Å². The van der Waals surface area contributed by atoms with Crippen LogP contribution >= 0.6 is 11.3 Å². The zero-order chi connectivity index (χ0) is 16.5. The first-order chi connectivity index (χ1) is 11.7. The number of hydrogen-bond acceptors (Lipinski definition) is 4. The Bertz CT molecular complexity index is 742. The van der Waals surface area contributed by atoms with Crippen LogP contribution in [0.2, 0.25) is 0 Å². The molecule has 2 atom stereocenters. The predicted octanol–water partition coefficient (Wildman–Crippen LogP) is 3.13. The third-order valence-corrected chi connectivity index (χ3v) is 6.06. The summed E-state index contributed by atoms with van der Waals surface area (Å²) in [4.78, 5) is 16.5. The molecule has 4 nitrogen and oxygen atoms in total. The van der Waals surface area contributed by atoms with Gasteiger partial charge >= 0.3 is 0 Å². The molecule has 2 aliphatic rings. The molecular formula is C19H22N2O2S. The lowest BCUT2D eigenvalue weighted by Crippen LogP contribution is -2.48. The van der Waals surface area contributed by atoms with Crippen molar-refractivity contribution in [2.75, 3.05) is 13.2 Å². The van der Waals surface area contributed by atoms with Gasteiger partial charge in [0.25, 0.3) is 0 Å². The van der Waals surface area contributed by atoms with Crippen LogP contribution in [0.3, 0.4) is 0 Å². The number of carbonyl (C=O) groups is 1. The molecule has 1 aromatic heterocycles. The minimum absolute atomic E-state index is 0.0476. The van der Waals surface area contributed by atoms with E-state index in [4.69, 9.17) is 4.74 Å². The van der Waals surface area contributed by atoms with Gasteiger partial charge in [-0.15, -0.1) is 11.3 Å². The lowest BCUT2D eigenvalue weighted by atomic mass is 10.00. The molecular weight excluding hydrogens is 320 g/mol. The van der Waals surface area contributed by atoms with Gasteiger partial charge in [-0.05, 0) is 36.4 Å². The molecule has 2 aliphatic heterocycles. The van der Waals surface area contributed by atoms with E-state index in [-0.39, 0.29) is 18.0 Å². The van der Waals surface area contributed by atoms with Crippen LogP contribution in [0.25, 0.3) is 0 Å². The minimum atomic E-state index is -0.118. The van der Waals surface area contributed by atoms with Crippen molar-refractivity contribution in [3.8, 4) is 5.75 Å². The van der Waals surface area contributed by atoms with Gasteiger partial charge in [0.15, 0.2) is 0 Å².